The summed E-state index contributed by atoms with van der Waals surface area (Å²) in [5, 5.41) is 12.1. The molecule has 0 unspecified atom stereocenters. The van der Waals surface area contributed by atoms with E-state index in [0.29, 0.717) is 22.9 Å². The molecule has 0 saturated heterocycles. The van der Waals surface area contributed by atoms with Gasteiger partial charge in [-0.25, -0.2) is 0 Å². The van der Waals surface area contributed by atoms with Crippen LogP contribution in [0.5, 0.6) is 5.75 Å². The van der Waals surface area contributed by atoms with Crippen LogP contribution in [0, 0.1) is 11.3 Å². The monoisotopic (exact) mass is 450 g/mol. The Hall–Kier alpha value is -2.98. The largest absolute Gasteiger partial charge is 0.493 e. The number of halogens is 4. The molecule has 0 atom stereocenters. The highest BCUT2D eigenvalue weighted by atomic mass is 35.5. The summed E-state index contributed by atoms with van der Waals surface area (Å²) in [6.07, 6.45) is 0.848. The Balaban J connectivity index is 2.20. The summed E-state index contributed by atoms with van der Waals surface area (Å²) >= 11 is 6.04. The first kappa shape index (κ1) is 24.3. The molecule has 0 bridgehead atoms. The van der Waals surface area contributed by atoms with Crippen molar-refractivity contribution in [2.24, 2.45) is 0 Å². The second-order valence-corrected chi connectivity index (χ2v) is 7.23. The number of anilines is 1. The van der Waals surface area contributed by atoms with Gasteiger partial charge in [0.15, 0.2) is 0 Å². The molecule has 4 nitrogen and oxygen atoms in total. The summed E-state index contributed by atoms with van der Waals surface area (Å²) in [5.74, 6) is -0.379. The summed E-state index contributed by atoms with van der Waals surface area (Å²) in [5.41, 5.74) is -0.838. The van der Waals surface area contributed by atoms with Crippen LogP contribution < -0.4 is 10.1 Å². The molecule has 2 aromatic rings. The molecule has 8 heteroatoms. The van der Waals surface area contributed by atoms with Crippen LogP contribution in [0.3, 0.4) is 0 Å². The third kappa shape index (κ3) is 7.65. The van der Waals surface area contributed by atoms with Gasteiger partial charge in [-0.2, -0.15) is 18.4 Å². The number of nitrogens with one attached hydrogen (secondary N) is 1. The van der Waals surface area contributed by atoms with E-state index in [1.807, 2.05) is 0 Å². The molecule has 164 valence electrons. The molecule has 1 N–H and O–H groups in total. The lowest BCUT2D eigenvalue weighted by Crippen LogP contribution is -2.14. The fourth-order valence-electron chi connectivity index (χ4n) is 2.75. The lowest BCUT2D eigenvalue weighted by Gasteiger charge is -2.11. The fraction of sp³-hybridized carbons (Fsp3) is 0.304. The van der Waals surface area contributed by atoms with Gasteiger partial charge in [-0.1, -0.05) is 43.9 Å². The van der Waals surface area contributed by atoms with E-state index in [2.05, 4.69) is 12.2 Å². The van der Waals surface area contributed by atoms with Crippen molar-refractivity contribution >= 4 is 29.3 Å². The number of rotatable bonds is 9. The summed E-state index contributed by atoms with van der Waals surface area (Å²) < 4.78 is 44.4. The third-order valence-electron chi connectivity index (χ3n) is 4.34. The molecule has 31 heavy (non-hydrogen) atoms. The van der Waals surface area contributed by atoms with Gasteiger partial charge in [0.2, 0.25) is 0 Å². The highest BCUT2D eigenvalue weighted by Gasteiger charge is 2.30. The number of hydrogen-bond donors (Lipinski definition) is 1. The van der Waals surface area contributed by atoms with E-state index in [9.17, 15) is 23.2 Å². The minimum Gasteiger partial charge on any atom is -0.493 e. The van der Waals surface area contributed by atoms with E-state index >= 15 is 0 Å². The lowest BCUT2D eigenvalue weighted by atomic mass is 10.1. The maximum atomic E-state index is 12.9. The number of carbonyl (C=O) groups is 1. The van der Waals surface area contributed by atoms with Crippen molar-refractivity contribution in [3.05, 3.63) is 64.2 Å². The van der Waals surface area contributed by atoms with Gasteiger partial charge in [0, 0.05) is 16.3 Å². The normalized spacial score (nSPS) is 11.7. The topological polar surface area (TPSA) is 62.1 Å². The van der Waals surface area contributed by atoms with Crippen molar-refractivity contribution in [2.45, 2.75) is 38.8 Å². The van der Waals surface area contributed by atoms with Gasteiger partial charge < -0.3 is 10.1 Å². The van der Waals surface area contributed by atoms with Gasteiger partial charge in [-0.15, -0.1) is 0 Å². The molecule has 1 amide bonds. The first-order valence-electron chi connectivity index (χ1n) is 9.77. The quantitative estimate of drug-likeness (QED) is 0.258. The number of ether oxygens (including phenoxy) is 1. The van der Waals surface area contributed by atoms with Crippen LogP contribution >= 0.6 is 11.6 Å². The first-order chi connectivity index (χ1) is 14.7. The maximum absolute atomic E-state index is 12.9. The Bertz CT molecular complexity index is 982. The summed E-state index contributed by atoms with van der Waals surface area (Å²) in [7, 11) is 0. The number of amides is 1. The molecule has 0 aliphatic carbocycles. The van der Waals surface area contributed by atoms with Crippen molar-refractivity contribution in [3.63, 3.8) is 0 Å². The molecule has 0 spiro atoms. The minimum absolute atomic E-state index is 0.0699. The van der Waals surface area contributed by atoms with Crippen LogP contribution in [0.2, 0.25) is 5.02 Å². The van der Waals surface area contributed by atoms with E-state index in [-0.39, 0.29) is 11.3 Å². The minimum atomic E-state index is -4.54. The highest BCUT2D eigenvalue weighted by Crippen LogP contribution is 2.31. The van der Waals surface area contributed by atoms with E-state index in [4.69, 9.17) is 16.3 Å². The Kier molecular flexibility index (Phi) is 8.95. The van der Waals surface area contributed by atoms with Crippen LogP contribution in [0.25, 0.3) is 6.08 Å². The number of nitrogens with zero attached hydrogens (tertiary/aromatic N) is 1. The van der Waals surface area contributed by atoms with Crippen molar-refractivity contribution in [2.75, 3.05) is 11.9 Å². The van der Waals surface area contributed by atoms with Gasteiger partial charge in [0.25, 0.3) is 5.91 Å². The molecule has 0 aliphatic rings. The Morgan fingerprint density at radius 1 is 1.19 bits per heavy atom. The zero-order valence-corrected chi connectivity index (χ0v) is 17.7. The number of unbranched alkanes of at least 4 members (excludes halogenated alkanes) is 3. The lowest BCUT2D eigenvalue weighted by molar-refractivity contribution is -0.137. The van der Waals surface area contributed by atoms with Crippen molar-refractivity contribution < 1.29 is 22.7 Å². The van der Waals surface area contributed by atoms with Crippen molar-refractivity contribution in [1.82, 2.24) is 0 Å². The second-order valence-electron chi connectivity index (χ2n) is 6.79. The van der Waals surface area contributed by atoms with E-state index in [0.717, 1.165) is 37.8 Å². The van der Waals surface area contributed by atoms with Crippen LogP contribution in [0.1, 0.15) is 43.7 Å². The fourth-order valence-corrected chi connectivity index (χ4v) is 2.93. The van der Waals surface area contributed by atoms with E-state index in [1.165, 1.54) is 18.2 Å². The summed E-state index contributed by atoms with van der Waals surface area (Å²) in [6, 6.07) is 10.8. The van der Waals surface area contributed by atoms with Crippen LogP contribution in [-0.4, -0.2) is 12.5 Å². The molecule has 0 saturated carbocycles. The molecule has 0 radical (unpaired) electrons. The van der Waals surface area contributed by atoms with Gasteiger partial charge in [-0.3, -0.25) is 4.79 Å². The average molecular weight is 451 g/mol. The van der Waals surface area contributed by atoms with E-state index < -0.39 is 17.6 Å². The zero-order valence-electron chi connectivity index (χ0n) is 16.9. The Morgan fingerprint density at radius 3 is 2.65 bits per heavy atom. The Morgan fingerprint density at radius 2 is 1.97 bits per heavy atom. The number of hydrogen-bond acceptors (Lipinski definition) is 3. The first-order valence-corrected chi connectivity index (χ1v) is 10.1. The van der Waals surface area contributed by atoms with Crippen LogP contribution in [-0.2, 0) is 11.0 Å². The van der Waals surface area contributed by atoms with Gasteiger partial charge >= 0.3 is 6.18 Å². The molecule has 0 fully saturated rings. The predicted molar refractivity (Wildman–Crippen MR) is 115 cm³/mol. The zero-order chi connectivity index (χ0) is 22.9. The van der Waals surface area contributed by atoms with Gasteiger partial charge in [0.05, 0.1) is 12.2 Å². The van der Waals surface area contributed by atoms with Gasteiger partial charge in [0.1, 0.15) is 17.4 Å². The van der Waals surface area contributed by atoms with Gasteiger partial charge in [-0.05, 0) is 48.9 Å². The molecule has 0 aromatic heterocycles. The van der Waals surface area contributed by atoms with Crippen LogP contribution in [0.4, 0.5) is 18.9 Å². The smallest absolute Gasteiger partial charge is 0.416 e. The highest BCUT2D eigenvalue weighted by molar-refractivity contribution is 6.30. The molecule has 2 rings (SSSR count). The standard InChI is InChI=1S/C23H22ClF3N2O2/c1-2-3-4-5-11-31-21-10-9-19(24)13-16(21)12-17(15-28)22(30)29-20-8-6-7-18(14-20)23(25,26)27/h6-10,12-14H,2-5,11H2,1H3,(H,29,30)/b17-12+. The SMILES string of the molecule is CCCCCCOc1ccc(Cl)cc1/C=C(\C#N)C(=O)Nc1cccc(C(F)(F)F)c1. The number of nitriles is 1. The molecule has 2 aromatic carbocycles. The third-order valence-corrected chi connectivity index (χ3v) is 4.58. The molecular weight excluding hydrogens is 429 g/mol. The predicted octanol–water partition coefficient (Wildman–Crippen LogP) is 6.86. The Labute approximate surface area is 184 Å². The molecule has 0 heterocycles. The number of alkyl halides is 3. The molecule has 0 aliphatic heterocycles. The summed E-state index contributed by atoms with van der Waals surface area (Å²) in [6.45, 7) is 2.58. The number of carbonyl (C=O) groups excluding carboxylic acids is 1. The summed E-state index contributed by atoms with van der Waals surface area (Å²) in [4.78, 5) is 12.5. The maximum Gasteiger partial charge on any atom is 0.416 e. The van der Waals surface area contributed by atoms with Crippen molar-refractivity contribution in [1.29, 1.82) is 5.26 Å². The van der Waals surface area contributed by atoms with E-state index in [1.54, 1.807) is 24.3 Å². The molecular formula is C23H22ClF3N2O2. The average Bonchev–Trinajstić information content (AvgIpc) is 2.72. The van der Waals surface area contributed by atoms with Crippen LogP contribution in [0.15, 0.2) is 48.0 Å². The second kappa shape index (κ2) is 11.4. The van der Waals surface area contributed by atoms with Crippen molar-refractivity contribution in [3.8, 4) is 11.8 Å². The number of benzene rings is 2.